The highest BCUT2D eigenvalue weighted by atomic mass is 19.4. The van der Waals surface area contributed by atoms with E-state index in [1.54, 1.807) is 35.1 Å². The van der Waals surface area contributed by atoms with Crippen molar-refractivity contribution in [2.75, 3.05) is 11.9 Å². The fourth-order valence-corrected chi connectivity index (χ4v) is 4.05. The number of aromatic nitrogens is 2. The van der Waals surface area contributed by atoms with Gasteiger partial charge in [-0.2, -0.15) is 23.5 Å². The molecule has 0 saturated heterocycles. The molecular formula is C23H27F3N6O2. The number of nitrogens with zero attached hydrogens (tertiary/aromatic N) is 3. The number of rotatable bonds is 7. The number of halogens is 3. The fourth-order valence-electron chi connectivity index (χ4n) is 4.05. The number of carbonyl (C=O) groups is 2. The molecule has 2 aromatic rings. The molecule has 1 aromatic heterocycles. The number of anilines is 2. The lowest BCUT2D eigenvalue weighted by molar-refractivity contribution is -0.141. The molecule has 0 radical (unpaired) electrons. The molecule has 0 bridgehead atoms. The van der Waals surface area contributed by atoms with Gasteiger partial charge < -0.3 is 16.4 Å². The second-order valence-corrected chi connectivity index (χ2v) is 8.95. The third-order valence-electron chi connectivity index (χ3n) is 6.12. The molecule has 1 fully saturated rings. The maximum absolute atomic E-state index is 12.4. The van der Waals surface area contributed by atoms with Gasteiger partial charge in [0, 0.05) is 11.9 Å². The Labute approximate surface area is 195 Å². The van der Waals surface area contributed by atoms with Crippen molar-refractivity contribution in [3.8, 4) is 6.07 Å². The summed E-state index contributed by atoms with van der Waals surface area (Å²) in [7, 11) is 0. The Morgan fingerprint density at radius 1 is 1.21 bits per heavy atom. The van der Waals surface area contributed by atoms with E-state index in [1.165, 1.54) is 13.8 Å². The first-order chi connectivity index (χ1) is 15.9. The molecule has 1 aliphatic rings. The van der Waals surface area contributed by atoms with Crippen LogP contribution in [0.1, 0.15) is 61.5 Å². The van der Waals surface area contributed by atoms with Crippen LogP contribution in [-0.2, 0) is 10.2 Å². The molecule has 0 spiro atoms. The lowest BCUT2D eigenvalue weighted by Gasteiger charge is -2.26. The van der Waals surface area contributed by atoms with Crippen molar-refractivity contribution < 1.29 is 22.8 Å². The predicted molar refractivity (Wildman–Crippen MR) is 119 cm³/mol. The van der Waals surface area contributed by atoms with E-state index >= 15 is 0 Å². The maximum Gasteiger partial charge on any atom is 0.405 e. The number of hydrogen-bond acceptors (Lipinski definition) is 5. The Bertz CT molecular complexity index is 1090. The Morgan fingerprint density at radius 2 is 1.85 bits per heavy atom. The predicted octanol–water partition coefficient (Wildman–Crippen LogP) is 3.94. The molecule has 8 nitrogen and oxygen atoms in total. The molecule has 1 aliphatic carbocycles. The summed E-state index contributed by atoms with van der Waals surface area (Å²) < 4.78 is 38.9. The molecule has 11 heteroatoms. The summed E-state index contributed by atoms with van der Waals surface area (Å²) in [6, 6.07) is 8.67. The third-order valence-corrected chi connectivity index (χ3v) is 6.12. The zero-order valence-electron chi connectivity index (χ0n) is 18.9. The van der Waals surface area contributed by atoms with Crippen molar-refractivity contribution in [1.29, 1.82) is 5.26 Å². The van der Waals surface area contributed by atoms with Gasteiger partial charge in [-0.15, -0.1) is 0 Å². The molecular weight excluding hydrogens is 449 g/mol. The van der Waals surface area contributed by atoms with Gasteiger partial charge >= 0.3 is 6.18 Å². The first-order valence-corrected chi connectivity index (χ1v) is 10.9. The minimum absolute atomic E-state index is 0.147. The average molecular weight is 477 g/mol. The highest BCUT2D eigenvalue weighted by Crippen LogP contribution is 2.34. The SMILES string of the molecule is CC(C)(C(=O)NCC(F)(F)F)c1ccc(Nc2nn([C@H]3CCCC[C@@H]3C#N)cc2C(N)=O)cc1. The summed E-state index contributed by atoms with van der Waals surface area (Å²) in [4.78, 5) is 24.3. The lowest BCUT2D eigenvalue weighted by Crippen LogP contribution is -2.43. The van der Waals surface area contributed by atoms with Gasteiger partial charge in [0.25, 0.3) is 5.91 Å². The van der Waals surface area contributed by atoms with Gasteiger partial charge in [-0.05, 0) is 44.4 Å². The van der Waals surface area contributed by atoms with Crippen LogP contribution in [0.5, 0.6) is 0 Å². The van der Waals surface area contributed by atoms with Crippen LogP contribution in [0.25, 0.3) is 0 Å². The van der Waals surface area contributed by atoms with E-state index in [0.29, 0.717) is 11.3 Å². The molecule has 2 atom stereocenters. The topological polar surface area (TPSA) is 126 Å². The molecule has 1 heterocycles. The van der Waals surface area contributed by atoms with E-state index in [9.17, 15) is 28.0 Å². The number of carbonyl (C=O) groups excluding carboxylic acids is 2. The molecule has 4 N–H and O–H groups in total. The average Bonchev–Trinajstić information content (AvgIpc) is 3.21. The second kappa shape index (κ2) is 9.75. The van der Waals surface area contributed by atoms with Crippen LogP contribution in [0.4, 0.5) is 24.7 Å². The van der Waals surface area contributed by atoms with Crippen LogP contribution < -0.4 is 16.4 Å². The summed E-state index contributed by atoms with van der Waals surface area (Å²) in [5, 5.41) is 18.9. The molecule has 2 amide bonds. The third kappa shape index (κ3) is 5.68. The Balaban J connectivity index is 1.78. The summed E-state index contributed by atoms with van der Waals surface area (Å²) in [6.45, 7) is 1.66. The number of nitrogens with one attached hydrogen (secondary N) is 2. The van der Waals surface area contributed by atoms with E-state index in [0.717, 1.165) is 25.7 Å². The largest absolute Gasteiger partial charge is 0.405 e. The minimum Gasteiger partial charge on any atom is -0.365 e. The standard InChI is InChI=1S/C23H27F3N6O2/c1-22(2,21(34)29-13-23(24,25)26)15-7-9-16(10-8-15)30-20-17(19(28)33)12-32(31-20)18-6-4-3-5-14(18)11-27/h7-10,12,14,18H,3-6,13H2,1-2H3,(H2,28,33)(H,29,34)(H,30,31)/t14-,18+/m1/s1. The van der Waals surface area contributed by atoms with Gasteiger partial charge in [0.2, 0.25) is 5.91 Å². The van der Waals surface area contributed by atoms with Crippen LogP contribution in [0.2, 0.25) is 0 Å². The maximum atomic E-state index is 12.4. The van der Waals surface area contributed by atoms with E-state index in [2.05, 4.69) is 16.5 Å². The number of amides is 2. The number of nitriles is 1. The first-order valence-electron chi connectivity index (χ1n) is 10.9. The van der Waals surface area contributed by atoms with Crippen LogP contribution in [0, 0.1) is 17.2 Å². The Morgan fingerprint density at radius 3 is 2.44 bits per heavy atom. The van der Waals surface area contributed by atoms with E-state index in [4.69, 9.17) is 5.73 Å². The van der Waals surface area contributed by atoms with Crippen LogP contribution in [-0.4, -0.2) is 34.3 Å². The summed E-state index contributed by atoms with van der Waals surface area (Å²) in [6.07, 6.45) is 0.534. The van der Waals surface area contributed by atoms with Gasteiger partial charge in [-0.1, -0.05) is 25.0 Å². The monoisotopic (exact) mass is 476 g/mol. The normalized spacial score (nSPS) is 18.7. The molecule has 0 aliphatic heterocycles. The summed E-state index contributed by atoms with van der Waals surface area (Å²) in [5.41, 5.74) is 5.57. The van der Waals surface area contributed by atoms with Crippen LogP contribution >= 0.6 is 0 Å². The zero-order chi connectivity index (χ0) is 25.1. The number of alkyl halides is 3. The van der Waals surface area contributed by atoms with Crippen molar-refractivity contribution in [3.63, 3.8) is 0 Å². The molecule has 0 unspecified atom stereocenters. The Kier molecular flexibility index (Phi) is 7.19. The highest BCUT2D eigenvalue weighted by molar-refractivity contribution is 5.98. The van der Waals surface area contributed by atoms with Crippen molar-refractivity contribution in [2.45, 2.75) is 57.2 Å². The summed E-state index contributed by atoms with van der Waals surface area (Å²) in [5.74, 6) is -1.38. The van der Waals surface area contributed by atoms with E-state index in [-0.39, 0.29) is 23.3 Å². The second-order valence-electron chi connectivity index (χ2n) is 8.95. The molecule has 182 valence electrons. The number of benzene rings is 1. The van der Waals surface area contributed by atoms with Crippen molar-refractivity contribution >= 4 is 23.3 Å². The molecule has 1 saturated carbocycles. The quantitative estimate of drug-likeness (QED) is 0.558. The van der Waals surface area contributed by atoms with Gasteiger partial charge in [0.05, 0.1) is 23.4 Å². The van der Waals surface area contributed by atoms with Crippen LogP contribution in [0.3, 0.4) is 0 Å². The number of primary amides is 1. The highest BCUT2D eigenvalue weighted by Gasteiger charge is 2.34. The molecule has 1 aromatic carbocycles. The number of hydrogen-bond donors (Lipinski definition) is 3. The van der Waals surface area contributed by atoms with Crippen LogP contribution in [0.15, 0.2) is 30.5 Å². The molecule has 3 rings (SSSR count). The van der Waals surface area contributed by atoms with Gasteiger partial charge in [0.1, 0.15) is 12.1 Å². The van der Waals surface area contributed by atoms with Crippen molar-refractivity contribution in [1.82, 2.24) is 15.1 Å². The van der Waals surface area contributed by atoms with Gasteiger partial charge in [-0.25, -0.2) is 0 Å². The molecule has 34 heavy (non-hydrogen) atoms. The van der Waals surface area contributed by atoms with E-state index in [1.807, 2.05) is 5.32 Å². The summed E-state index contributed by atoms with van der Waals surface area (Å²) >= 11 is 0. The van der Waals surface area contributed by atoms with Gasteiger partial charge in [-0.3, -0.25) is 14.3 Å². The number of nitrogens with two attached hydrogens (primary N) is 1. The zero-order valence-corrected chi connectivity index (χ0v) is 18.9. The smallest absolute Gasteiger partial charge is 0.365 e. The lowest BCUT2D eigenvalue weighted by atomic mass is 9.83. The minimum atomic E-state index is -4.49. The Hall–Kier alpha value is -3.55. The van der Waals surface area contributed by atoms with Crippen molar-refractivity contribution in [3.05, 3.63) is 41.6 Å². The first kappa shape index (κ1) is 25.1. The van der Waals surface area contributed by atoms with Crippen molar-refractivity contribution in [2.24, 2.45) is 11.7 Å². The van der Waals surface area contributed by atoms with Gasteiger partial charge in [0.15, 0.2) is 5.82 Å². The fraction of sp³-hybridized carbons (Fsp3) is 0.478. The van der Waals surface area contributed by atoms with E-state index < -0.39 is 30.0 Å².